The van der Waals surface area contributed by atoms with Crippen LogP contribution in [0.5, 0.6) is 0 Å². The highest BCUT2D eigenvalue weighted by molar-refractivity contribution is 9.09. The summed E-state index contributed by atoms with van der Waals surface area (Å²) in [4.78, 5) is 2.40. The van der Waals surface area contributed by atoms with Gasteiger partial charge in [-0.15, -0.1) is 0 Å². The Hall–Kier alpha value is -0.910. The van der Waals surface area contributed by atoms with E-state index in [2.05, 4.69) is 0 Å². The first kappa shape index (κ1) is 12.5. The Balaban J connectivity index is 1.83. The topological polar surface area (TPSA) is 52.0 Å². The van der Waals surface area contributed by atoms with Gasteiger partial charge in [0.05, 0.1) is 0 Å². The van der Waals surface area contributed by atoms with Gasteiger partial charge in [0, 0.05) is 21.2 Å². The van der Waals surface area contributed by atoms with E-state index in [-0.39, 0.29) is 0 Å². The van der Waals surface area contributed by atoms with Crippen LogP contribution in [0.3, 0.4) is 0 Å². The zero-order chi connectivity index (χ0) is 12.1. The van der Waals surface area contributed by atoms with Crippen LogP contribution in [-0.4, -0.2) is 0 Å². The van der Waals surface area contributed by atoms with Crippen LogP contribution in [-0.2, 0) is 0 Å². The van der Waals surface area contributed by atoms with E-state index in [0.717, 1.165) is 11.4 Å². The first-order chi connectivity index (χ1) is 8.24. The Morgan fingerprint density at radius 1 is 0.588 bits per heavy atom. The molecule has 0 aliphatic heterocycles. The zero-order valence-corrected chi connectivity index (χ0v) is 11.4. The van der Waals surface area contributed by atoms with Gasteiger partial charge in [-0.25, -0.2) is 0 Å². The fraction of sp³-hybridized carbons (Fsp3) is 0. The minimum atomic E-state index is 0.797. The summed E-state index contributed by atoms with van der Waals surface area (Å²) in [6.45, 7) is 0. The summed E-state index contributed by atoms with van der Waals surface area (Å²) >= 11 is 0. The first-order valence-electron chi connectivity index (χ1n) is 4.96. The van der Waals surface area contributed by atoms with Crippen molar-refractivity contribution < 1.29 is 0 Å². The van der Waals surface area contributed by atoms with E-state index in [1.165, 1.54) is 9.79 Å². The van der Waals surface area contributed by atoms with Crippen molar-refractivity contribution in [2.75, 3.05) is 11.5 Å². The summed E-state index contributed by atoms with van der Waals surface area (Å²) < 4.78 is 0. The van der Waals surface area contributed by atoms with Gasteiger partial charge in [0.25, 0.3) is 0 Å². The van der Waals surface area contributed by atoms with Crippen molar-refractivity contribution in [3.63, 3.8) is 0 Å². The van der Waals surface area contributed by atoms with Crippen LogP contribution in [0, 0.1) is 0 Å². The molecule has 2 aromatic carbocycles. The third-order valence-corrected chi connectivity index (χ3v) is 5.87. The zero-order valence-electron chi connectivity index (χ0n) is 9.00. The monoisotopic (exact) mass is 280 g/mol. The number of nitrogens with two attached hydrogens (primary N) is 2. The minimum Gasteiger partial charge on any atom is -0.399 e. The van der Waals surface area contributed by atoms with E-state index < -0.39 is 0 Å². The molecule has 4 N–H and O–H groups in total. The van der Waals surface area contributed by atoms with Crippen LogP contribution in [0.25, 0.3) is 0 Å². The van der Waals surface area contributed by atoms with Crippen LogP contribution in [0.2, 0.25) is 0 Å². The van der Waals surface area contributed by atoms with E-state index in [1.807, 2.05) is 48.5 Å². The number of hydrogen-bond donors (Lipinski definition) is 2. The molecular formula is C12H12N2S3. The maximum absolute atomic E-state index is 5.63. The summed E-state index contributed by atoms with van der Waals surface area (Å²) in [6.07, 6.45) is 0. The van der Waals surface area contributed by atoms with Crippen molar-refractivity contribution in [1.29, 1.82) is 0 Å². The molecule has 0 saturated heterocycles. The Morgan fingerprint density at radius 2 is 0.941 bits per heavy atom. The molecule has 0 aromatic heterocycles. The minimum absolute atomic E-state index is 0.797. The quantitative estimate of drug-likeness (QED) is 0.646. The van der Waals surface area contributed by atoms with Gasteiger partial charge in [-0.05, 0) is 79.9 Å². The standard InChI is InChI=1S/C12H12N2S3/c13-9-1-5-11(6-2-9)15-17-16-12-7-3-10(14)4-8-12/h1-8H,13-14H2. The number of nitrogen functional groups attached to an aromatic ring is 2. The molecule has 2 aromatic rings. The number of anilines is 2. The Morgan fingerprint density at radius 3 is 1.29 bits per heavy atom. The molecule has 0 unspecified atom stereocenters. The lowest BCUT2D eigenvalue weighted by atomic mass is 10.3. The molecule has 17 heavy (non-hydrogen) atoms. The van der Waals surface area contributed by atoms with Crippen molar-refractivity contribution in [3.8, 4) is 0 Å². The van der Waals surface area contributed by atoms with Crippen molar-refractivity contribution in [2.24, 2.45) is 0 Å². The number of benzene rings is 2. The molecular weight excluding hydrogens is 268 g/mol. The van der Waals surface area contributed by atoms with Crippen LogP contribution < -0.4 is 11.5 Å². The second-order valence-corrected chi connectivity index (χ2v) is 7.42. The lowest BCUT2D eigenvalue weighted by molar-refractivity contribution is 1.48. The van der Waals surface area contributed by atoms with Gasteiger partial charge in [0.1, 0.15) is 0 Å². The van der Waals surface area contributed by atoms with Gasteiger partial charge in [-0.3, -0.25) is 0 Å². The van der Waals surface area contributed by atoms with Crippen LogP contribution in [0.4, 0.5) is 11.4 Å². The summed E-state index contributed by atoms with van der Waals surface area (Å²) in [5, 5.41) is 0. The second kappa shape index (κ2) is 6.14. The van der Waals surface area contributed by atoms with E-state index in [4.69, 9.17) is 11.5 Å². The maximum Gasteiger partial charge on any atom is 0.0314 e. The summed E-state index contributed by atoms with van der Waals surface area (Å²) in [7, 11) is 5.16. The van der Waals surface area contributed by atoms with Crippen LogP contribution in [0.15, 0.2) is 58.3 Å². The van der Waals surface area contributed by atoms with Gasteiger partial charge in [-0.1, -0.05) is 0 Å². The van der Waals surface area contributed by atoms with Crippen molar-refractivity contribution in [2.45, 2.75) is 9.79 Å². The highest BCUT2D eigenvalue weighted by atomic mass is 33.5. The Bertz CT molecular complexity index is 423. The molecule has 0 saturated carbocycles. The van der Waals surface area contributed by atoms with Crippen molar-refractivity contribution in [1.82, 2.24) is 0 Å². The maximum atomic E-state index is 5.63. The molecule has 0 aliphatic rings. The Labute approximate surface area is 112 Å². The number of rotatable bonds is 4. The Kier molecular flexibility index (Phi) is 4.53. The van der Waals surface area contributed by atoms with Crippen LogP contribution in [0.1, 0.15) is 0 Å². The van der Waals surface area contributed by atoms with E-state index in [1.54, 1.807) is 31.4 Å². The fourth-order valence-electron chi connectivity index (χ4n) is 1.14. The van der Waals surface area contributed by atoms with Gasteiger partial charge in [-0.2, -0.15) is 0 Å². The van der Waals surface area contributed by atoms with E-state index in [0.29, 0.717) is 0 Å². The molecule has 0 fully saturated rings. The summed E-state index contributed by atoms with van der Waals surface area (Å²) in [5.74, 6) is 0. The molecule has 0 bridgehead atoms. The predicted molar refractivity (Wildman–Crippen MR) is 81.0 cm³/mol. The predicted octanol–water partition coefficient (Wildman–Crippen LogP) is 4.30. The van der Waals surface area contributed by atoms with E-state index >= 15 is 0 Å². The average molecular weight is 280 g/mol. The normalized spacial score (nSPS) is 10.4. The molecule has 0 heterocycles. The van der Waals surface area contributed by atoms with Crippen molar-refractivity contribution in [3.05, 3.63) is 48.5 Å². The van der Waals surface area contributed by atoms with E-state index in [9.17, 15) is 0 Å². The third kappa shape index (κ3) is 4.11. The molecule has 0 aliphatic carbocycles. The third-order valence-electron chi connectivity index (χ3n) is 2.02. The van der Waals surface area contributed by atoms with Gasteiger partial charge < -0.3 is 11.5 Å². The summed E-state index contributed by atoms with van der Waals surface area (Å²) in [6, 6.07) is 15.8. The molecule has 0 amide bonds. The fourth-order valence-corrected chi connectivity index (χ4v) is 4.79. The second-order valence-electron chi connectivity index (χ2n) is 3.37. The highest BCUT2D eigenvalue weighted by Crippen LogP contribution is 2.44. The number of hydrogen-bond acceptors (Lipinski definition) is 5. The molecule has 0 spiro atoms. The van der Waals surface area contributed by atoms with Gasteiger partial charge in [0.2, 0.25) is 0 Å². The molecule has 5 heteroatoms. The van der Waals surface area contributed by atoms with Crippen molar-refractivity contribution >= 4 is 42.8 Å². The smallest absolute Gasteiger partial charge is 0.0314 e. The van der Waals surface area contributed by atoms with Crippen LogP contribution >= 0.6 is 31.4 Å². The molecule has 0 atom stereocenters. The molecule has 2 nitrogen and oxygen atoms in total. The highest BCUT2D eigenvalue weighted by Gasteiger charge is 1.97. The lowest BCUT2D eigenvalue weighted by Crippen LogP contribution is -1.81. The van der Waals surface area contributed by atoms with Gasteiger partial charge >= 0.3 is 0 Å². The van der Waals surface area contributed by atoms with Gasteiger partial charge in [0.15, 0.2) is 0 Å². The molecule has 88 valence electrons. The summed E-state index contributed by atoms with van der Waals surface area (Å²) in [5.41, 5.74) is 12.8. The molecule has 2 rings (SSSR count). The first-order valence-corrected chi connectivity index (χ1v) is 8.44. The lowest BCUT2D eigenvalue weighted by Gasteiger charge is -2.01. The largest absolute Gasteiger partial charge is 0.399 e. The average Bonchev–Trinajstić information content (AvgIpc) is 2.34. The SMILES string of the molecule is Nc1ccc(SSSc2ccc(N)cc2)cc1. The molecule has 0 radical (unpaired) electrons.